The van der Waals surface area contributed by atoms with Crippen LogP contribution < -0.4 is 4.90 Å². The standard InChI is InChI=1S/C18H25ClN4O2S/c1-13-18(14(2)22(4)20-13)26(24,25)23-11-9-17(10-12-23)21(3)16-7-5-15(19)6-8-16/h5-8,17H,9-12H2,1-4H3. The zero-order valence-corrected chi connectivity index (χ0v) is 17.2. The highest BCUT2D eigenvalue weighted by Crippen LogP contribution is 2.28. The van der Waals surface area contributed by atoms with Crippen LogP contribution in [0.5, 0.6) is 0 Å². The molecule has 6 nitrogen and oxygen atoms in total. The fourth-order valence-corrected chi connectivity index (χ4v) is 5.61. The summed E-state index contributed by atoms with van der Waals surface area (Å²) in [5.74, 6) is 0. The number of aromatic nitrogens is 2. The van der Waals surface area contributed by atoms with Crippen molar-refractivity contribution < 1.29 is 8.42 Å². The normalized spacial score (nSPS) is 16.8. The van der Waals surface area contributed by atoms with Crippen molar-refractivity contribution in [3.05, 3.63) is 40.7 Å². The van der Waals surface area contributed by atoms with Gasteiger partial charge in [0, 0.05) is 43.9 Å². The van der Waals surface area contributed by atoms with Gasteiger partial charge in [0.2, 0.25) is 10.0 Å². The van der Waals surface area contributed by atoms with Gasteiger partial charge in [0.05, 0.1) is 11.4 Å². The first-order valence-corrected chi connectivity index (χ1v) is 10.5. The Balaban J connectivity index is 1.72. The third kappa shape index (κ3) is 3.48. The maximum absolute atomic E-state index is 13.1. The van der Waals surface area contributed by atoms with E-state index in [9.17, 15) is 8.42 Å². The number of piperidine rings is 1. The Morgan fingerprint density at radius 1 is 1.15 bits per heavy atom. The lowest BCUT2D eigenvalue weighted by Gasteiger charge is -2.37. The second-order valence-electron chi connectivity index (χ2n) is 6.85. The van der Waals surface area contributed by atoms with Crippen LogP contribution in [0.1, 0.15) is 24.2 Å². The van der Waals surface area contributed by atoms with Crippen LogP contribution in [-0.2, 0) is 17.1 Å². The second kappa shape index (κ2) is 7.21. The number of anilines is 1. The third-order valence-electron chi connectivity index (χ3n) is 5.25. The minimum atomic E-state index is -3.51. The monoisotopic (exact) mass is 396 g/mol. The number of halogens is 1. The number of hydrogen-bond donors (Lipinski definition) is 0. The van der Waals surface area contributed by atoms with Crippen LogP contribution in [-0.4, -0.2) is 48.7 Å². The number of aryl methyl sites for hydroxylation is 2. The van der Waals surface area contributed by atoms with E-state index in [2.05, 4.69) is 10.00 Å². The summed E-state index contributed by atoms with van der Waals surface area (Å²) in [4.78, 5) is 2.56. The van der Waals surface area contributed by atoms with Crippen LogP contribution in [0.25, 0.3) is 0 Å². The van der Waals surface area contributed by atoms with Crippen molar-refractivity contribution in [1.29, 1.82) is 0 Å². The van der Waals surface area contributed by atoms with E-state index in [1.54, 1.807) is 29.9 Å². The van der Waals surface area contributed by atoms with Crippen molar-refractivity contribution in [3.63, 3.8) is 0 Å². The SMILES string of the molecule is Cc1nn(C)c(C)c1S(=O)(=O)N1CCC(N(C)c2ccc(Cl)cc2)CC1. The van der Waals surface area contributed by atoms with Crippen molar-refractivity contribution in [3.8, 4) is 0 Å². The Morgan fingerprint density at radius 2 is 1.73 bits per heavy atom. The summed E-state index contributed by atoms with van der Waals surface area (Å²) in [5.41, 5.74) is 2.34. The van der Waals surface area contributed by atoms with Crippen LogP contribution in [0, 0.1) is 13.8 Å². The van der Waals surface area contributed by atoms with Gasteiger partial charge in [0.25, 0.3) is 0 Å². The molecular weight excluding hydrogens is 372 g/mol. The quantitative estimate of drug-likeness (QED) is 0.797. The van der Waals surface area contributed by atoms with Crippen molar-refractivity contribution in [1.82, 2.24) is 14.1 Å². The van der Waals surface area contributed by atoms with Gasteiger partial charge in [0.1, 0.15) is 4.90 Å². The Morgan fingerprint density at radius 3 is 2.23 bits per heavy atom. The highest BCUT2D eigenvalue weighted by Gasteiger charge is 2.34. The molecule has 1 aromatic carbocycles. The topological polar surface area (TPSA) is 58.4 Å². The average Bonchev–Trinajstić information content (AvgIpc) is 2.87. The van der Waals surface area contributed by atoms with Crippen molar-refractivity contribution in [2.24, 2.45) is 7.05 Å². The molecule has 8 heteroatoms. The molecule has 0 radical (unpaired) electrons. The fraction of sp³-hybridized carbons (Fsp3) is 0.500. The van der Waals surface area contributed by atoms with E-state index in [0.29, 0.717) is 40.4 Å². The molecule has 0 saturated carbocycles. The molecular formula is C18H25ClN4O2S. The van der Waals surface area contributed by atoms with Crippen LogP contribution in [0.2, 0.25) is 5.02 Å². The van der Waals surface area contributed by atoms with Crippen molar-refractivity contribution in [2.45, 2.75) is 37.6 Å². The number of hydrogen-bond acceptors (Lipinski definition) is 4. The summed E-state index contributed by atoms with van der Waals surface area (Å²) in [6.07, 6.45) is 1.58. The first kappa shape index (κ1) is 19.2. The van der Waals surface area contributed by atoms with Crippen molar-refractivity contribution >= 4 is 27.3 Å². The molecule has 2 heterocycles. The number of sulfonamides is 1. The maximum atomic E-state index is 13.1. The molecule has 1 aromatic heterocycles. The number of nitrogens with zero attached hydrogens (tertiary/aromatic N) is 4. The van der Waals surface area contributed by atoms with Gasteiger partial charge in [-0.1, -0.05) is 11.6 Å². The lowest BCUT2D eigenvalue weighted by atomic mass is 10.0. The van der Waals surface area contributed by atoms with E-state index in [0.717, 1.165) is 18.5 Å². The first-order valence-electron chi connectivity index (χ1n) is 8.70. The van der Waals surface area contributed by atoms with Crippen molar-refractivity contribution in [2.75, 3.05) is 25.0 Å². The van der Waals surface area contributed by atoms with E-state index in [-0.39, 0.29) is 0 Å². The zero-order chi connectivity index (χ0) is 19.1. The Hall–Kier alpha value is -1.57. The Bertz CT molecular complexity index is 885. The van der Waals surface area contributed by atoms with Gasteiger partial charge in [-0.25, -0.2) is 8.42 Å². The molecule has 142 valence electrons. The molecule has 2 aromatic rings. The molecule has 1 fully saturated rings. The minimum absolute atomic E-state index is 0.304. The highest BCUT2D eigenvalue weighted by molar-refractivity contribution is 7.89. The summed E-state index contributed by atoms with van der Waals surface area (Å²) in [5, 5.41) is 4.97. The maximum Gasteiger partial charge on any atom is 0.246 e. The first-order chi connectivity index (χ1) is 12.2. The predicted molar refractivity (Wildman–Crippen MR) is 104 cm³/mol. The molecule has 1 aliphatic heterocycles. The fourth-order valence-electron chi connectivity index (χ4n) is 3.61. The summed E-state index contributed by atoms with van der Waals surface area (Å²) < 4.78 is 29.4. The summed E-state index contributed by atoms with van der Waals surface area (Å²) in [6.45, 7) is 4.58. The molecule has 0 bridgehead atoms. The molecule has 1 saturated heterocycles. The summed E-state index contributed by atoms with van der Waals surface area (Å²) >= 11 is 5.96. The largest absolute Gasteiger partial charge is 0.372 e. The average molecular weight is 397 g/mol. The second-order valence-corrected chi connectivity index (χ2v) is 9.16. The van der Waals surface area contributed by atoms with Gasteiger partial charge in [-0.05, 0) is 51.0 Å². The number of rotatable bonds is 4. The molecule has 0 atom stereocenters. The van der Waals surface area contributed by atoms with E-state index in [1.165, 1.54) is 0 Å². The van der Waals surface area contributed by atoms with Gasteiger partial charge < -0.3 is 4.90 Å². The molecule has 1 aliphatic rings. The molecule has 26 heavy (non-hydrogen) atoms. The Kier molecular flexibility index (Phi) is 5.33. The summed E-state index contributed by atoms with van der Waals surface area (Å²) in [7, 11) is 0.314. The Labute approximate surface area is 160 Å². The molecule has 0 N–H and O–H groups in total. The van der Waals surface area contributed by atoms with Gasteiger partial charge in [-0.2, -0.15) is 9.40 Å². The van der Waals surface area contributed by atoms with E-state index in [1.807, 2.05) is 31.3 Å². The van der Waals surface area contributed by atoms with Crippen LogP contribution in [0.15, 0.2) is 29.2 Å². The lowest BCUT2D eigenvalue weighted by Crippen LogP contribution is -2.45. The predicted octanol–water partition coefficient (Wildman–Crippen LogP) is 2.98. The summed E-state index contributed by atoms with van der Waals surface area (Å²) in [6, 6.07) is 8.04. The van der Waals surface area contributed by atoms with Gasteiger partial charge >= 0.3 is 0 Å². The van der Waals surface area contributed by atoms with E-state index >= 15 is 0 Å². The van der Waals surface area contributed by atoms with E-state index in [4.69, 9.17) is 11.6 Å². The van der Waals surface area contributed by atoms with Crippen LogP contribution in [0.3, 0.4) is 0 Å². The molecule has 0 aliphatic carbocycles. The van der Waals surface area contributed by atoms with E-state index < -0.39 is 10.0 Å². The minimum Gasteiger partial charge on any atom is -0.372 e. The molecule has 0 spiro atoms. The third-order valence-corrected chi connectivity index (χ3v) is 7.65. The molecule has 3 rings (SSSR count). The number of benzene rings is 1. The molecule has 0 unspecified atom stereocenters. The van der Waals surface area contributed by atoms with Gasteiger partial charge in [-0.3, -0.25) is 4.68 Å². The van der Waals surface area contributed by atoms with Gasteiger partial charge in [-0.15, -0.1) is 0 Å². The smallest absolute Gasteiger partial charge is 0.246 e. The lowest BCUT2D eigenvalue weighted by molar-refractivity contribution is 0.314. The zero-order valence-electron chi connectivity index (χ0n) is 15.6. The van der Waals surface area contributed by atoms with Crippen LogP contribution >= 0.6 is 11.6 Å². The molecule has 0 amide bonds. The highest BCUT2D eigenvalue weighted by atomic mass is 35.5. The van der Waals surface area contributed by atoms with Gasteiger partial charge in [0.15, 0.2) is 0 Å². The van der Waals surface area contributed by atoms with Crippen LogP contribution in [0.4, 0.5) is 5.69 Å².